The second kappa shape index (κ2) is 7.19. The molecule has 0 saturated heterocycles. The topological polar surface area (TPSA) is 47.0 Å². The van der Waals surface area contributed by atoms with E-state index in [1.54, 1.807) is 24.3 Å². The van der Waals surface area contributed by atoms with E-state index in [1.807, 2.05) is 24.3 Å². The lowest BCUT2D eigenvalue weighted by molar-refractivity contribution is -0.138. The number of hydrogen-bond donors (Lipinski definition) is 1. The van der Waals surface area contributed by atoms with Gasteiger partial charge in [0.05, 0.1) is 11.1 Å². The second-order valence-corrected chi connectivity index (χ2v) is 5.98. The molecule has 1 aromatic heterocycles. The predicted octanol–water partition coefficient (Wildman–Crippen LogP) is 6.18. The number of fused-ring (bicyclic) bond motifs is 1. The van der Waals surface area contributed by atoms with Crippen molar-refractivity contribution in [3.05, 3.63) is 84.7 Å². The fourth-order valence-corrected chi connectivity index (χ4v) is 2.76. The van der Waals surface area contributed by atoms with Crippen LogP contribution in [-0.4, -0.2) is 9.97 Å². The molecule has 28 heavy (non-hydrogen) atoms. The molecule has 0 saturated carbocycles. The molecule has 0 aliphatic carbocycles. The molecular formula is C21H14F3N3O. The molecule has 4 rings (SSSR count). The van der Waals surface area contributed by atoms with Crippen LogP contribution < -0.4 is 10.1 Å². The number of hydrogen-bond acceptors (Lipinski definition) is 4. The molecule has 7 heteroatoms. The van der Waals surface area contributed by atoms with Crippen molar-refractivity contribution >= 4 is 22.4 Å². The van der Waals surface area contributed by atoms with Gasteiger partial charge in [0, 0.05) is 11.1 Å². The summed E-state index contributed by atoms with van der Waals surface area (Å²) in [4.78, 5) is 8.46. The SMILES string of the molecule is FC(F)(F)c1ccccc1Oc1ccc(Nc2ncnc3ccccc23)cc1. The number of aromatic nitrogens is 2. The number of anilines is 2. The van der Waals surface area contributed by atoms with Crippen LogP contribution in [0.2, 0.25) is 0 Å². The van der Waals surface area contributed by atoms with E-state index in [1.165, 1.54) is 24.5 Å². The van der Waals surface area contributed by atoms with Crippen molar-refractivity contribution < 1.29 is 17.9 Å². The van der Waals surface area contributed by atoms with E-state index in [0.717, 1.165) is 22.7 Å². The summed E-state index contributed by atoms with van der Waals surface area (Å²) in [5.74, 6) is 0.703. The standard InChI is InChI=1S/C21H14F3N3O/c22-21(23,24)17-6-2-4-8-19(17)28-15-11-9-14(10-12-15)27-20-16-5-1-3-7-18(16)25-13-26-20/h1-13H,(H,25,26,27). The van der Waals surface area contributed by atoms with Crippen LogP contribution in [0.15, 0.2) is 79.1 Å². The zero-order valence-electron chi connectivity index (χ0n) is 14.4. The first kappa shape index (κ1) is 17.8. The Morgan fingerprint density at radius 1 is 0.786 bits per heavy atom. The van der Waals surface area contributed by atoms with Gasteiger partial charge >= 0.3 is 6.18 Å². The Bertz CT molecular complexity index is 1110. The molecule has 0 fully saturated rings. The predicted molar refractivity (Wildman–Crippen MR) is 101 cm³/mol. The molecule has 140 valence electrons. The lowest BCUT2D eigenvalue weighted by Gasteiger charge is -2.14. The zero-order valence-corrected chi connectivity index (χ0v) is 14.4. The van der Waals surface area contributed by atoms with Crippen molar-refractivity contribution in [3.63, 3.8) is 0 Å². The molecule has 0 aliphatic rings. The van der Waals surface area contributed by atoms with Crippen LogP contribution in [0.25, 0.3) is 10.9 Å². The van der Waals surface area contributed by atoms with E-state index >= 15 is 0 Å². The number of benzene rings is 3. The van der Waals surface area contributed by atoms with Gasteiger partial charge in [-0.1, -0.05) is 24.3 Å². The lowest BCUT2D eigenvalue weighted by Crippen LogP contribution is -2.06. The number of alkyl halides is 3. The average molecular weight is 381 g/mol. The quantitative estimate of drug-likeness (QED) is 0.458. The van der Waals surface area contributed by atoms with Crippen LogP contribution >= 0.6 is 0 Å². The molecule has 4 nitrogen and oxygen atoms in total. The summed E-state index contributed by atoms with van der Waals surface area (Å²) in [5.41, 5.74) is 0.716. The highest BCUT2D eigenvalue weighted by Gasteiger charge is 2.34. The summed E-state index contributed by atoms with van der Waals surface area (Å²) in [6, 6.07) is 19.3. The molecule has 0 spiro atoms. The van der Waals surface area contributed by atoms with Gasteiger partial charge in [0.25, 0.3) is 0 Å². The molecule has 0 amide bonds. The lowest BCUT2D eigenvalue weighted by atomic mass is 10.2. The van der Waals surface area contributed by atoms with Gasteiger partial charge in [-0.05, 0) is 48.5 Å². The van der Waals surface area contributed by atoms with E-state index in [0.29, 0.717) is 11.6 Å². The van der Waals surface area contributed by atoms with Crippen LogP contribution in [0.1, 0.15) is 5.56 Å². The maximum Gasteiger partial charge on any atom is 0.419 e. The van der Waals surface area contributed by atoms with E-state index < -0.39 is 11.7 Å². The first-order chi connectivity index (χ1) is 13.5. The van der Waals surface area contributed by atoms with E-state index in [-0.39, 0.29) is 5.75 Å². The first-order valence-corrected chi connectivity index (χ1v) is 8.41. The number of rotatable bonds is 4. The third-order valence-corrected chi connectivity index (χ3v) is 4.08. The van der Waals surface area contributed by atoms with Gasteiger partial charge in [0.2, 0.25) is 0 Å². The van der Waals surface area contributed by atoms with Crippen LogP contribution in [0.3, 0.4) is 0 Å². The normalized spacial score (nSPS) is 11.4. The van der Waals surface area contributed by atoms with Crippen molar-refractivity contribution in [2.24, 2.45) is 0 Å². The minimum atomic E-state index is -4.48. The molecule has 0 aliphatic heterocycles. The first-order valence-electron chi connectivity index (χ1n) is 8.41. The van der Waals surface area contributed by atoms with Gasteiger partial charge in [-0.15, -0.1) is 0 Å². The Morgan fingerprint density at radius 2 is 1.50 bits per heavy atom. The van der Waals surface area contributed by atoms with Gasteiger partial charge in [-0.2, -0.15) is 13.2 Å². The average Bonchev–Trinajstić information content (AvgIpc) is 2.69. The van der Waals surface area contributed by atoms with E-state index in [9.17, 15) is 13.2 Å². The summed E-state index contributed by atoms with van der Waals surface area (Å²) < 4.78 is 44.7. The van der Waals surface area contributed by atoms with Crippen LogP contribution in [0, 0.1) is 0 Å². The monoisotopic (exact) mass is 381 g/mol. The fraction of sp³-hybridized carbons (Fsp3) is 0.0476. The molecular weight excluding hydrogens is 367 g/mol. The number of nitrogens with one attached hydrogen (secondary N) is 1. The van der Waals surface area contributed by atoms with Crippen molar-refractivity contribution in [1.29, 1.82) is 0 Å². The molecule has 1 N–H and O–H groups in total. The smallest absolute Gasteiger partial charge is 0.419 e. The summed E-state index contributed by atoms with van der Waals surface area (Å²) >= 11 is 0. The molecule has 0 unspecified atom stereocenters. The minimum Gasteiger partial charge on any atom is -0.457 e. The minimum absolute atomic E-state index is 0.238. The maximum atomic E-state index is 13.1. The molecule has 0 bridgehead atoms. The summed E-state index contributed by atoms with van der Waals surface area (Å²) in [5, 5.41) is 4.05. The third-order valence-electron chi connectivity index (χ3n) is 4.08. The highest BCUT2D eigenvalue weighted by atomic mass is 19.4. The highest BCUT2D eigenvalue weighted by Crippen LogP contribution is 2.38. The van der Waals surface area contributed by atoms with Crippen molar-refractivity contribution in [2.75, 3.05) is 5.32 Å². The third kappa shape index (κ3) is 3.73. The van der Waals surface area contributed by atoms with Crippen molar-refractivity contribution in [3.8, 4) is 11.5 Å². The van der Waals surface area contributed by atoms with Gasteiger partial charge in [-0.3, -0.25) is 0 Å². The van der Waals surface area contributed by atoms with Gasteiger partial charge in [0.15, 0.2) is 0 Å². The Kier molecular flexibility index (Phi) is 4.57. The number of ether oxygens (including phenoxy) is 1. The number of nitrogens with zero attached hydrogens (tertiary/aromatic N) is 2. The Labute approximate surface area is 158 Å². The van der Waals surface area contributed by atoms with Gasteiger partial charge in [-0.25, -0.2) is 9.97 Å². The van der Waals surface area contributed by atoms with E-state index in [4.69, 9.17) is 4.74 Å². The zero-order chi connectivity index (χ0) is 19.6. The largest absolute Gasteiger partial charge is 0.457 e. The highest BCUT2D eigenvalue weighted by molar-refractivity contribution is 5.90. The Hall–Kier alpha value is -3.61. The number of halogens is 3. The molecule has 0 atom stereocenters. The van der Waals surface area contributed by atoms with Crippen LogP contribution in [0.5, 0.6) is 11.5 Å². The van der Waals surface area contributed by atoms with E-state index in [2.05, 4.69) is 15.3 Å². The fourth-order valence-electron chi connectivity index (χ4n) is 2.76. The summed E-state index contributed by atoms with van der Waals surface area (Å²) in [6.45, 7) is 0. The molecule has 0 radical (unpaired) electrons. The van der Waals surface area contributed by atoms with Crippen molar-refractivity contribution in [2.45, 2.75) is 6.18 Å². The van der Waals surface area contributed by atoms with Gasteiger partial charge < -0.3 is 10.1 Å². The number of para-hydroxylation sites is 2. The van der Waals surface area contributed by atoms with Crippen molar-refractivity contribution in [1.82, 2.24) is 9.97 Å². The summed E-state index contributed by atoms with van der Waals surface area (Å²) in [7, 11) is 0. The molecule has 3 aromatic carbocycles. The maximum absolute atomic E-state index is 13.1. The Morgan fingerprint density at radius 3 is 2.29 bits per heavy atom. The Balaban J connectivity index is 1.55. The summed E-state index contributed by atoms with van der Waals surface area (Å²) in [6.07, 6.45) is -3.01. The van der Waals surface area contributed by atoms with Crippen LogP contribution in [0.4, 0.5) is 24.7 Å². The van der Waals surface area contributed by atoms with Gasteiger partial charge in [0.1, 0.15) is 23.6 Å². The molecule has 4 aromatic rings. The molecule has 1 heterocycles. The van der Waals surface area contributed by atoms with Crippen LogP contribution in [-0.2, 0) is 6.18 Å². The second-order valence-electron chi connectivity index (χ2n) is 5.98.